The molecule has 0 fully saturated rings. The molecule has 2 heteroatoms. The minimum absolute atomic E-state index is 0.522. The second kappa shape index (κ2) is 14.4. The number of benzene rings is 10. The summed E-state index contributed by atoms with van der Waals surface area (Å²) >= 11 is 1.91. The molecule has 0 radical (unpaired) electrons. The number of hydrogen-bond donors (Lipinski definition) is 0. The van der Waals surface area contributed by atoms with E-state index < -0.39 is 5.41 Å². The zero-order valence-electron chi connectivity index (χ0n) is 33.4. The fourth-order valence-corrected chi connectivity index (χ4v) is 11.3. The van der Waals surface area contributed by atoms with E-state index in [9.17, 15) is 0 Å². The van der Waals surface area contributed by atoms with E-state index >= 15 is 0 Å². The van der Waals surface area contributed by atoms with Crippen molar-refractivity contribution in [3.05, 3.63) is 259 Å². The highest BCUT2D eigenvalue weighted by Crippen LogP contribution is 2.64. The Morgan fingerprint density at radius 2 is 0.820 bits per heavy atom. The molecular weight excluding hydrogens is 755 g/mol. The maximum atomic E-state index is 2.52. The number of anilines is 3. The lowest BCUT2D eigenvalue weighted by molar-refractivity contribution is 0.724. The van der Waals surface area contributed by atoms with Crippen LogP contribution in [0.25, 0.3) is 55.3 Å². The quantitative estimate of drug-likeness (QED) is 0.165. The first kappa shape index (κ1) is 35.5. The van der Waals surface area contributed by atoms with Crippen molar-refractivity contribution in [1.29, 1.82) is 0 Å². The number of rotatable bonds is 6. The van der Waals surface area contributed by atoms with Crippen molar-refractivity contribution in [2.24, 2.45) is 0 Å². The minimum Gasteiger partial charge on any atom is -0.309 e. The summed E-state index contributed by atoms with van der Waals surface area (Å²) in [5, 5.41) is 2.51. The summed E-state index contributed by atoms with van der Waals surface area (Å²) in [6, 6.07) is 87.4. The molecule has 61 heavy (non-hydrogen) atoms. The standard InChI is InChI=1S/C59H39NS/c1-4-17-40(18-5-1)42-31-34-47(35-32-42)60(55-36-33-46(41-19-6-2-7-20-41)37-50(55)43-21-8-3-9-22-43)56-30-16-29-53-58(56)61-57-39-45-24-11-10-23-44(45)38-54(57)59(53)51-27-14-12-25-48(51)49-26-13-15-28-52(49)59/h1-39H. The zero-order chi connectivity index (χ0) is 40.3. The Morgan fingerprint density at radius 1 is 0.311 bits per heavy atom. The van der Waals surface area contributed by atoms with Crippen LogP contribution in [0.2, 0.25) is 0 Å². The molecule has 2 aliphatic rings. The fraction of sp³-hybridized carbons (Fsp3) is 0.0169. The van der Waals surface area contributed by atoms with Gasteiger partial charge in [0.15, 0.2) is 0 Å². The molecule has 1 spiro atoms. The van der Waals surface area contributed by atoms with Crippen LogP contribution in [0.4, 0.5) is 17.1 Å². The molecule has 0 saturated carbocycles. The smallest absolute Gasteiger partial charge is 0.0736 e. The molecule has 0 saturated heterocycles. The SMILES string of the molecule is c1ccc(-c2ccc(N(c3ccc(-c4ccccc4)cc3-c3ccccc3)c3cccc4c3Sc3cc5ccccc5cc3C43c4ccccc4-c4ccccc43)cc2)cc1. The van der Waals surface area contributed by atoms with E-state index in [0.29, 0.717) is 0 Å². The van der Waals surface area contributed by atoms with Gasteiger partial charge < -0.3 is 4.90 Å². The summed E-state index contributed by atoms with van der Waals surface area (Å²) in [4.78, 5) is 5.06. The molecule has 10 aromatic carbocycles. The summed E-state index contributed by atoms with van der Waals surface area (Å²) in [7, 11) is 0. The van der Waals surface area contributed by atoms with Crippen LogP contribution in [-0.2, 0) is 5.41 Å². The second-order valence-electron chi connectivity index (χ2n) is 16.0. The highest BCUT2D eigenvalue weighted by Gasteiger charge is 2.51. The van der Waals surface area contributed by atoms with E-state index in [4.69, 9.17) is 0 Å². The third-order valence-corrected chi connectivity index (χ3v) is 13.9. The molecule has 0 unspecified atom stereocenters. The predicted octanol–water partition coefficient (Wildman–Crippen LogP) is 16.1. The van der Waals surface area contributed by atoms with Crippen LogP contribution >= 0.6 is 11.8 Å². The largest absolute Gasteiger partial charge is 0.309 e. The highest BCUT2D eigenvalue weighted by molar-refractivity contribution is 7.99. The van der Waals surface area contributed by atoms with Crippen molar-refractivity contribution in [1.82, 2.24) is 0 Å². The van der Waals surface area contributed by atoms with Crippen molar-refractivity contribution < 1.29 is 0 Å². The van der Waals surface area contributed by atoms with E-state index in [2.05, 4.69) is 241 Å². The van der Waals surface area contributed by atoms with Gasteiger partial charge in [0.25, 0.3) is 0 Å². The Bertz CT molecular complexity index is 3220. The average molecular weight is 794 g/mol. The molecule has 1 nitrogen and oxygen atoms in total. The van der Waals surface area contributed by atoms with Crippen LogP contribution in [-0.4, -0.2) is 0 Å². The van der Waals surface area contributed by atoms with Gasteiger partial charge >= 0.3 is 0 Å². The molecule has 0 amide bonds. The van der Waals surface area contributed by atoms with Gasteiger partial charge in [0, 0.05) is 21.0 Å². The third kappa shape index (κ3) is 5.64. The maximum absolute atomic E-state index is 2.52. The van der Waals surface area contributed by atoms with Crippen molar-refractivity contribution in [2.45, 2.75) is 15.2 Å². The summed E-state index contributed by atoms with van der Waals surface area (Å²) in [5.74, 6) is 0. The number of nitrogens with zero attached hydrogens (tertiary/aromatic N) is 1. The third-order valence-electron chi connectivity index (χ3n) is 12.7. The molecule has 0 bridgehead atoms. The average Bonchev–Trinajstić information content (AvgIpc) is 3.63. The molecule has 0 atom stereocenters. The molecule has 286 valence electrons. The van der Waals surface area contributed by atoms with Gasteiger partial charge in [0.05, 0.1) is 16.8 Å². The summed E-state index contributed by atoms with van der Waals surface area (Å²) in [6.07, 6.45) is 0. The van der Waals surface area contributed by atoms with Crippen molar-refractivity contribution in [3.63, 3.8) is 0 Å². The van der Waals surface area contributed by atoms with Gasteiger partial charge in [-0.15, -0.1) is 0 Å². The van der Waals surface area contributed by atoms with Crippen LogP contribution in [0.5, 0.6) is 0 Å². The molecule has 1 aliphatic heterocycles. The Hall–Kier alpha value is -7.39. The van der Waals surface area contributed by atoms with E-state index in [-0.39, 0.29) is 0 Å². The van der Waals surface area contributed by atoms with E-state index in [1.807, 2.05) is 11.8 Å². The maximum Gasteiger partial charge on any atom is 0.0736 e. The molecule has 0 N–H and O–H groups in total. The summed E-state index contributed by atoms with van der Waals surface area (Å²) < 4.78 is 0. The van der Waals surface area contributed by atoms with Crippen LogP contribution in [0.1, 0.15) is 22.3 Å². The Kier molecular flexibility index (Phi) is 8.40. The van der Waals surface area contributed by atoms with Crippen LogP contribution in [0.3, 0.4) is 0 Å². The van der Waals surface area contributed by atoms with E-state index in [1.54, 1.807) is 0 Å². The molecule has 10 aromatic rings. The van der Waals surface area contributed by atoms with Gasteiger partial charge in [-0.05, 0) is 114 Å². The monoisotopic (exact) mass is 793 g/mol. The van der Waals surface area contributed by atoms with Crippen LogP contribution in [0, 0.1) is 0 Å². The normalized spacial score (nSPS) is 13.0. The van der Waals surface area contributed by atoms with E-state index in [0.717, 1.165) is 17.1 Å². The van der Waals surface area contributed by atoms with Crippen molar-refractivity contribution in [3.8, 4) is 44.5 Å². The topological polar surface area (TPSA) is 3.24 Å². The fourth-order valence-electron chi connectivity index (χ4n) is 10.0. The number of fused-ring (bicyclic) bond motifs is 10. The lowest BCUT2D eigenvalue weighted by atomic mass is 9.67. The minimum atomic E-state index is -0.522. The zero-order valence-corrected chi connectivity index (χ0v) is 34.2. The highest BCUT2D eigenvalue weighted by atomic mass is 32.2. The van der Waals surface area contributed by atoms with Crippen molar-refractivity contribution >= 4 is 39.6 Å². The molecule has 1 aliphatic carbocycles. The first-order chi connectivity index (χ1) is 30.3. The molecule has 12 rings (SSSR count). The first-order valence-electron chi connectivity index (χ1n) is 21.0. The Labute approximate surface area is 361 Å². The second-order valence-corrected chi connectivity index (χ2v) is 17.1. The Balaban J connectivity index is 1.16. The van der Waals surface area contributed by atoms with Crippen LogP contribution < -0.4 is 4.90 Å². The summed E-state index contributed by atoms with van der Waals surface area (Å²) in [6.45, 7) is 0. The lowest BCUT2D eigenvalue weighted by Crippen LogP contribution is -2.32. The van der Waals surface area contributed by atoms with Crippen LogP contribution in [0.15, 0.2) is 246 Å². The summed E-state index contributed by atoms with van der Waals surface area (Å²) in [5.41, 5.74) is 17.9. The molecule has 1 heterocycles. The van der Waals surface area contributed by atoms with Gasteiger partial charge in [-0.1, -0.05) is 206 Å². The van der Waals surface area contributed by atoms with Crippen molar-refractivity contribution in [2.75, 3.05) is 4.90 Å². The van der Waals surface area contributed by atoms with Gasteiger partial charge in [0.2, 0.25) is 0 Å². The molecular formula is C59H39NS. The Morgan fingerprint density at radius 3 is 1.48 bits per heavy atom. The predicted molar refractivity (Wildman–Crippen MR) is 256 cm³/mol. The van der Waals surface area contributed by atoms with Gasteiger partial charge in [0.1, 0.15) is 0 Å². The van der Waals surface area contributed by atoms with Gasteiger partial charge in [-0.3, -0.25) is 0 Å². The van der Waals surface area contributed by atoms with E-state index in [1.165, 1.54) is 87.3 Å². The lowest BCUT2D eigenvalue weighted by Gasteiger charge is -2.42. The number of hydrogen-bond acceptors (Lipinski definition) is 2. The van der Waals surface area contributed by atoms with Gasteiger partial charge in [-0.2, -0.15) is 0 Å². The van der Waals surface area contributed by atoms with Gasteiger partial charge in [-0.25, -0.2) is 0 Å². The molecule has 0 aromatic heterocycles. The first-order valence-corrected chi connectivity index (χ1v) is 21.8.